The van der Waals surface area contributed by atoms with Crippen molar-refractivity contribution >= 4 is 12.1 Å². The molecule has 0 aliphatic heterocycles. The van der Waals surface area contributed by atoms with E-state index in [1.807, 2.05) is 13.8 Å². The minimum Gasteiger partial charge on any atom is -0.389 e. The highest BCUT2D eigenvalue weighted by atomic mass is 16.3. The average Bonchev–Trinajstić information content (AvgIpc) is 2.65. The Bertz CT molecular complexity index is 433. The Balaban J connectivity index is 2.60. The summed E-state index contributed by atoms with van der Waals surface area (Å²) in [6.45, 7) is 5.97. The Hall–Kier alpha value is -0.960. The van der Waals surface area contributed by atoms with Crippen LogP contribution in [0.5, 0.6) is 0 Å². The van der Waals surface area contributed by atoms with Crippen LogP contribution in [-0.4, -0.2) is 22.8 Å². The summed E-state index contributed by atoms with van der Waals surface area (Å²) in [7, 11) is 0. The van der Waals surface area contributed by atoms with Crippen LogP contribution in [0.25, 0.3) is 0 Å². The number of carbonyl (C=O) groups is 2. The molecule has 0 aromatic heterocycles. The number of fused-ring (bicyclic) bond motifs is 1. The molecule has 2 rings (SSSR count). The van der Waals surface area contributed by atoms with E-state index in [2.05, 4.69) is 6.92 Å². The van der Waals surface area contributed by atoms with E-state index in [0.29, 0.717) is 12.8 Å². The lowest BCUT2D eigenvalue weighted by Gasteiger charge is -2.45. The predicted octanol–water partition coefficient (Wildman–Crippen LogP) is 2.81. The maximum Gasteiger partial charge on any atom is 0.169 e. The van der Waals surface area contributed by atoms with Gasteiger partial charge in [-0.3, -0.25) is 4.79 Å². The molecule has 0 spiro atoms. The minimum atomic E-state index is -0.794. The number of hydrogen-bond acceptors (Lipinski definition) is 3. The standard InChI is InChI=1S/C16H24O3/c1-4-6-12-13-7-8-15(3,19)16(13,5-2)9-11(10-17)14(12)18/h10-11,19H,4-9H2,1-3H3. The van der Waals surface area contributed by atoms with E-state index in [9.17, 15) is 14.7 Å². The lowest BCUT2D eigenvalue weighted by Crippen LogP contribution is -2.47. The number of Topliss-reactive ketones (excluding diaryl/α,β-unsaturated/α-hetero) is 1. The molecule has 1 N–H and O–H groups in total. The van der Waals surface area contributed by atoms with E-state index >= 15 is 0 Å². The lowest BCUT2D eigenvalue weighted by molar-refractivity contribution is -0.129. The molecule has 2 aliphatic carbocycles. The second-order valence-corrected chi connectivity index (χ2v) is 6.23. The molecule has 0 saturated heterocycles. The molecule has 0 bridgehead atoms. The highest BCUT2D eigenvalue weighted by Gasteiger charge is 2.57. The van der Waals surface area contributed by atoms with Gasteiger partial charge < -0.3 is 9.90 Å². The number of allylic oxidation sites excluding steroid dienone is 1. The van der Waals surface area contributed by atoms with Crippen LogP contribution >= 0.6 is 0 Å². The van der Waals surface area contributed by atoms with Crippen LogP contribution in [0.1, 0.15) is 59.3 Å². The van der Waals surface area contributed by atoms with Crippen molar-refractivity contribution in [3.05, 3.63) is 11.1 Å². The van der Waals surface area contributed by atoms with E-state index in [1.165, 1.54) is 0 Å². The first-order valence-corrected chi connectivity index (χ1v) is 7.38. The zero-order valence-electron chi connectivity index (χ0n) is 12.2. The first-order chi connectivity index (χ1) is 8.93. The summed E-state index contributed by atoms with van der Waals surface area (Å²) in [5.41, 5.74) is 0.824. The van der Waals surface area contributed by atoms with Crippen molar-refractivity contribution in [3.8, 4) is 0 Å². The summed E-state index contributed by atoms with van der Waals surface area (Å²) in [5, 5.41) is 10.8. The van der Waals surface area contributed by atoms with Crippen molar-refractivity contribution in [2.24, 2.45) is 11.3 Å². The predicted molar refractivity (Wildman–Crippen MR) is 73.7 cm³/mol. The SMILES string of the molecule is CCCC1=C2CCC(C)(O)C2(CC)CC(C=O)C1=O. The van der Waals surface area contributed by atoms with E-state index < -0.39 is 11.5 Å². The molecule has 3 atom stereocenters. The van der Waals surface area contributed by atoms with Gasteiger partial charge in [-0.25, -0.2) is 0 Å². The quantitative estimate of drug-likeness (QED) is 0.627. The van der Waals surface area contributed by atoms with Crippen LogP contribution in [0.3, 0.4) is 0 Å². The van der Waals surface area contributed by atoms with E-state index in [-0.39, 0.29) is 11.2 Å². The van der Waals surface area contributed by atoms with Gasteiger partial charge in [0, 0.05) is 5.41 Å². The molecule has 106 valence electrons. The fourth-order valence-electron chi connectivity index (χ4n) is 4.17. The second kappa shape index (κ2) is 4.86. The third kappa shape index (κ3) is 1.90. The lowest BCUT2D eigenvalue weighted by atomic mass is 9.60. The third-order valence-corrected chi connectivity index (χ3v) is 5.31. The second-order valence-electron chi connectivity index (χ2n) is 6.23. The molecule has 0 aromatic rings. The molecule has 1 fully saturated rings. The van der Waals surface area contributed by atoms with Gasteiger partial charge in [-0.15, -0.1) is 0 Å². The van der Waals surface area contributed by atoms with Gasteiger partial charge in [-0.1, -0.05) is 25.8 Å². The molecule has 19 heavy (non-hydrogen) atoms. The summed E-state index contributed by atoms with van der Waals surface area (Å²) in [5.74, 6) is -0.552. The van der Waals surface area contributed by atoms with Gasteiger partial charge in [0.2, 0.25) is 0 Å². The number of carbonyl (C=O) groups excluding carboxylic acids is 2. The molecule has 1 saturated carbocycles. The third-order valence-electron chi connectivity index (χ3n) is 5.31. The maximum atomic E-state index is 12.4. The maximum absolute atomic E-state index is 12.4. The zero-order valence-corrected chi connectivity index (χ0v) is 12.2. The summed E-state index contributed by atoms with van der Waals surface area (Å²) >= 11 is 0. The normalized spacial score (nSPS) is 38.5. The monoisotopic (exact) mass is 264 g/mol. The molecule has 0 aromatic carbocycles. The van der Waals surface area contributed by atoms with Crippen molar-refractivity contribution in [1.82, 2.24) is 0 Å². The Morgan fingerprint density at radius 3 is 2.63 bits per heavy atom. The highest BCUT2D eigenvalue weighted by Crippen LogP contribution is 2.59. The number of aliphatic hydroxyl groups is 1. The summed E-state index contributed by atoms with van der Waals surface area (Å²) < 4.78 is 0. The van der Waals surface area contributed by atoms with Gasteiger partial charge in [-0.05, 0) is 44.6 Å². The summed E-state index contributed by atoms with van der Waals surface area (Å²) in [6, 6.07) is 0. The highest BCUT2D eigenvalue weighted by molar-refractivity contribution is 6.06. The van der Waals surface area contributed by atoms with Gasteiger partial charge >= 0.3 is 0 Å². The molecular weight excluding hydrogens is 240 g/mol. The largest absolute Gasteiger partial charge is 0.389 e. The Kier molecular flexibility index (Phi) is 3.69. The van der Waals surface area contributed by atoms with Crippen molar-refractivity contribution in [3.63, 3.8) is 0 Å². The summed E-state index contributed by atoms with van der Waals surface area (Å²) in [4.78, 5) is 23.6. The van der Waals surface area contributed by atoms with Crippen LogP contribution in [0.15, 0.2) is 11.1 Å². The molecule has 3 unspecified atom stereocenters. The van der Waals surface area contributed by atoms with Crippen molar-refractivity contribution < 1.29 is 14.7 Å². The van der Waals surface area contributed by atoms with Crippen LogP contribution < -0.4 is 0 Å². The van der Waals surface area contributed by atoms with Gasteiger partial charge in [0.15, 0.2) is 5.78 Å². The van der Waals surface area contributed by atoms with Gasteiger partial charge in [0.05, 0.1) is 11.5 Å². The molecule has 3 heteroatoms. The van der Waals surface area contributed by atoms with Crippen LogP contribution in [0.4, 0.5) is 0 Å². The number of aldehydes is 1. The first kappa shape index (κ1) is 14.4. The smallest absolute Gasteiger partial charge is 0.169 e. The number of rotatable bonds is 4. The van der Waals surface area contributed by atoms with Crippen LogP contribution in [0.2, 0.25) is 0 Å². The number of hydrogen-bond donors (Lipinski definition) is 1. The van der Waals surface area contributed by atoms with Crippen LogP contribution in [-0.2, 0) is 9.59 Å². The van der Waals surface area contributed by atoms with Gasteiger partial charge in [0.1, 0.15) is 6.29 Å². The molecule has 0 radical (unpaired) electrons. The number of ketones is 1. The molecule has 2 aliphatic rings. The van der Waals surface area contributed by atoms with E-state index in [4.69, 9.17) is 0 Å². The topological polar surface area (TPSA) is 54.4 Å². The first-order valence-electron chi connectivity index (χ1n) is 7.38. The van der Waals surface area contributed by atoms with Crippen molar-refractivity contribution in [1.29, 1.82) is 0 Å². The Labute approximate surface area is 115 Å². The molecule has 0 amide bonds. The Morgan fingerprint density at radius 2 is 2.11 bits per heavy atom. The Morgan fingerprint density at radius 1 is 1.42 bits per heavy atom. The van der Waals surface area contributed by atoms with Crippen LogP contribution in [0, 0.1) is 11.3 Å². The van der Waals surface area contributed by atoms with Crippen molar-refractivity contribution in [2.45, 2.75) is 64.9 Å². The van der Waals surface area contributed by atoms with E-state index in [0.717, 1.165) is 43.1 Å². The van der Waals surface area contributed by atoms with Gasteiger partial charge in [0.25, 0.3) is 0 Å². The fraction of sp³-hybridized carbons (Fsp3) is 0.750. The minimum absolute atomic E-state index is 0.00799. The van der Waals surface area contributed by atoms with Crippen molar-refractivity contribution in [2.75, 3.05) is 0 Å². The fourth-order valence-corrected chi connectivity index (χ4v) is 4.17. The zero-order chi connectivity index (χ0) is 14.3. The molecule has 0 heterocycles. The molecule has 3 nitrogen and oxygen atoms in total. The summed E-state index contributed by atoms with van der Waals surface area (Å²) in [6.07, 6.45) is 5.19. The molecular formula is C16H24O3. The van der Waals surface area contributed by atoms with E-state index in [1.54, 1.807) is 0 Å². The average molecular weight is 264 g/mol. The van der Waals surface area contributed by atoms with Gasteiger partial charge in [-0.2, -0.15) is 0 Å².